The molecule has 6 rings (SSSR count). The highest BCUT2D eigenvalue weighted by molar-refractivity contribution is 9.10. The fraction of sp³-hybridized carbons (Fsp3) is 0.286. The summed E-state index contributed by atoms with van der Waals surface area (Å²) in [5.74, 6) is 0.145. The first kappa shape index (κ1) is 26.9. The molecule has 40 heavy (non-hydrogen) atoms. The number of piperidine rings is 1. The van der Waals surface area contributed by atoms with Crippen molar-refractivity contribution in [2.24, 2.45) is 0 Å². The minimum Gasteiger partial charge on any atom is -0.481 e. The minimum atomic E-state index is -1.21. The molecule has 4 nitrogen and oxygen atoms in total. The molecule has 0 saturated carbocycles. The highest BCUT2D eigenvalue weighted by atomic mass is 79.9. The van der Waals surface area contributed by atoms with Gasteiger partial charge in [-0.3, -0.25) is 0 Å². The molecule has 1 aliphatic rings. The summed E-state index contributed by atoms with van der Waals surface area (Å²) in [5, 5.41) is 16.5. The van der Waals surface area contributed by atoms with E-state index in [0.717, 1.165) is 62.5 Å². The summed E-state index contributed by atoms with van der Waals surface area (Å²) < 4.78 is 6.93. The zero-order chi connectivity index (χ0) is 27.5. The van der Waals surface area contributed by atoms with Crippen LogP contribution in [0.3, 0.4) is 0 Å². The highest BCUT2D eigenvalue weighted by Gasteiger charge is 2.42. The van der Waals surface area contributed by atoms with Crippen LogP contribution in [-0.2, 0) is 5.60 Å². The number of aromatic nitrogens is 1. The molecule has 2 unspecified atom stereocenters. The quantitative estimate of drug-likeness (QED) is 0.197. The molecule has 5 heteroatoms. The van der Waals surface area contributed by atoms with E-state index >= 15 is 0 Å². The van der Waals surface area contributed by atoms with Crippen molar-refractivity contribution in [2.75, 3.05) is 26.7 Å². The maximum absolute atomic E-state index is 13.2. The number of methoxy groups -OCH3 is 1. The van der Waals surface area contributed by atoms with E-state index in [1.165, 1.54) is 19.3 Å². The van der Waals surface area contributed by atoms with Crippen LogP contribution in [-0.4, -0.2) is 41.7 Å². The van der Waals surface area contributed by atoms with E-state index in [1.807, 2.05) is 30.3 Å². The van der Waals surface area contributed by atoms with Crippen LogP contribution >= 0.6 is 15.9 Å². The van der Waals surface area contributed by atoms with Gasteiger partial charge >= 0.3 is 0 Å². The predicted octanol–water partition coefficient (Wildman–Crippen LogP) is 8.05. The van der Waals surface area contributed by atoms with Crippen molar-refractivity contribution in [3.8, 4) is 5.88 Å². The van der Waals surface area contributed by atoms with Gasteiger partial charge in [0.1, 0.15) is 5.60 Å². The molecule has 0 spiro atoms. The summed E-state index contributed by atoms with van der Waals surface area (Å²) in [6.07, 6.45) is 4.31. The third-order valence-corrected chi connectivity index (χ3v) is 8.88. The number of hydrogen-bond acceptors (Lipinski definition) is 4. The van der Waals surface area contributed by atoms with Crippen molar-refractivity contribution in [1.82, 2.24) is 9.88 Å². The summed E-state index contributed by atoms with van der Waals surface area (Å²) in [6.45, 7) is 2.99. The lowest BCUT2D eigenvalue weighted by Crippen LogP contribution is -2.40. The average molecular weight is 596 g/mol. The van der Waals surface area contributed by atoms with E-state index in [4.69, 9.17) is 9.72 Å². The van der Waals surface area contributed by atoms with Crippen LogP contribution in [0.25, 0.3) is 21.7 Å². The number of benzene rings is 4. The minimum absolute atomic E-state index is 0.398. The molecule has 1 aliphatic heterocycles. The molecular formula is C35H35BrN2O2. The van der Waals surface area contributed by atoms with Gasteiger partial charge in [-0.1, -0.05) is 89.1 Å². The number of aliphatic hydroxyl groups is 1. The molecule has 4 aromatic carbocycles. The normalized spacial score (nSPS) is 16.6. The second kappa shape index (κ2) is 11.7. The molecule has 0 radical (unpaired) electrons. The van der Waals surface area contributed by atoms with Crippen LogP contribution in [0.1, 0.15) is 48.3 Å². The first-order valence-electron chi connectivity index (χ1n) is 14.2. The zero-order valence-electron chi connectivity index (χ0n) is 22.9. The summed E-state index contributed by atoms with van der Waals surface area (Å²) in [6, 6.07) is 33.3. The van der Waals surface area contributed by atoms with Gasteiger partial charge in [0.05, 0.1) is 12.6 Å². The number of rotatable bonds is 8. The van der Waals surface area contributed by atoms with Gasteiger partial charge in [0.25, 0.3) is 0 Å². The maximum Gasteiger partial charge on any atom is 0.217 e. The Balaban J connectivity index is 1.57. The fourth-order valence-corrected chi connectivity index (χ4v) is 6.68. The SMILES string of the molecule is COc1nc2ccc(Br)cc2cc1C(c1ccccc1)C(O)(CCN1CCCCC1)c1ccc2ccccc2c1. The van der Waals surface area contributed by atoms with Gasteiger partial charge in [-0.2, -0.15) is 0 Å². The van der Waals surface area contributed by atoms with Gasteiger partial charge in [0.15, 0.2) is 0 Å². The summed E-state index contributed by atoms with van der Waals surface area (Å²) in [4.78, 5) is 7.43. The van der Waals surface area contributed by atoms with E-state index in [9.17, 15) is 5.11 Å². The van der Waals surface area contributed by atoms with Crippen molar-refractivity contribution in [3.05, 3.63) is 118 Å². The van der Waals surface area contributed by atoms with Gasteiger partial charge in [0, 0.05) is 27.9 Å². The topological polar surface area (TPSA) is 45.6 Å². The lowest BCUT2D eigenvalue weighted by Gasteiger charge is -2.40. The lowest BCUT2D eigenvalue weighted by atomic mass is 9.71. The third kappa shape index (κ3) is 5.38. The molecule has 2 atom stereocenters. The van der Waals surface area contributed by atoms with Gasteiger partial charge in [-0.25, -0.2) is 4.98 Å². The molecule has 0 aliphatic carbocycles. The monoisotopic (exact) mass is 594 g/mol. The summed E-state index contributed by atoms with van der Waals surface area (Å²) in [5.41, 5.74) is 2.48. The zero-order valence-corrected chi connectivity index (χ0v) is 24.5. The Labute approximate surface area is 244 Å². The van der Waals surface area contributed by atoms with E-state index in [1.54, 1.807) is 7.11 Å². The highest BCUT2D eigenvalue weighted by Crippen LogP contribution is 2.48. The van der Waals surface area contributed by atoms with Crippen molar-refractivity contribution in [3.63, 3.8) is 0 Å². The smallest absolute Gasteiger partial charge is 0.217 e. The van der Waals surface area contributed by atoms with E-state index < -0.39 is 11.5 Å². The van der Waals surface area contributed by atoms with Crippen molar-refractivity contribution in [2.45, 2.75) is 37.2 Å². The summed E-state index contributed by atoms with van der Waals surface area (Å²) >= 11 is 3.63. The van der Waals surface area contributed by atoms with Gasteiger partial charge < -0.3 is 14.7 Å². The molecular weight excluding hydrogens is 560 g/mol. The number of fused-ring (bicyclic) bond motifs is 2. The fourth-order valence-electron chi connectivity index (χ4n) is 6.30. The molecule has 204 valence electrons. The van der Waals surface area contributed by atoms with Gasteiger partial charge in [-0.05, 0) is 84.6 Å². The number of likely N-dealkylation sites (tertiary alicyclic amines) is 1. The number of pyridine rings is 1. The largest absolute Gasteiger partial charge is 0.481 e. The number of ether oxygens (including phenoxy) is 1. The van der Waals surface area contributed by atoms with Crippen LogP contribution < -0.4 is 4.74 Å². The molecule has 2 heterocycles. The van der Waals surface area contributed by atoms with E-state index in [2.05, 4.69) is 87.6 Å². The molecule has 1 aromatic heterocycles. The van der Waals surface area contributed by atoms with Crippen molar-refractivity contribution < 1.29 is 9.84 Å². The summed E-state index contributed by atoms with van der Waals surface area (Å²) in [7, 11) is 1.67. The molecule has 5 aromatic rings. The third-order valence-electron chi connectivity index (χ3n) is 8.39. The maximum atomic E-state index is 13.2. The molecule has 0 amide bonds. The Hall–Kier alpha value is -3.25. The van der Waals surface area contributed by atoms with Gasteiger partial charge in [-0.15, -0.1) is 0 Å². The van der Waals surface area contributed by atoms with Crippen LogP contribution in [0.15, 0.2) is 102 Å². The number of halogens is 1. The van der Waals surface area contributed by atoms with E-state index in [0.29, 0.717) is 12.3 Å². The van der Waals surface area contributed by atoms with E-state index in [-0.39, 0.29) is 0 Å². The predicted molar refractivity (Wildman–Crippen MR) is 167 cm³/mol. The molecule has 0 bridgehead atoms. The van der Waals surface area contributed by atoms with Crippen molar-refractivity contribution >= 4 is 37.6 Å². The molecule has 1 saturated heterocycles. The average Bonchev–Trinajstić information content (AvgIpc) is 3.00. The number of nitrogens with zero attached hydrogens (tertiary/aromatic N) is 2. The Morgan fingerprint density at radius 3 is 2.38 bits per heavy atom. The van der Waals surface area contributed by atoms with Gasteiger partial charge in [0.2, 0.25) is 5.88 Å². The Morgan fingerprint density at radius 1 is 0.850 bits per heavy atom. The second-order valence-electron chi connectivity index (χ2n) is 10.9. The Bertz CT molecular complexity index is 1620. The molecule has 1 fully saturated rings. The standard InChI is InChI=1S/C35H35BrN2O2/c1-40-34-31(24-28-23-30(36)16-17-32(28)37-34)33(26-11-4-2-5-12-26)35(39,18-21-38-19-8-3-9-20-38)29-15-14-25-10-6-7-13-27(25)22-29/h2,4-7,10-17,22-24,33,39H,3,8-9,18-21H2,1H3. The first-order chi connectivity index (χ1) is 19.5. The molecule has 1 N–H and O–H groups in total. The van der Waals surface area contributed by atoms with Crippen LogP contribution in [0, 0.1) is 0 Å². The number of hydrogen-bond donors (Lipinski definition) is 1. The van der Waals surface area contributed by atoms with Crippen LogP contribution in [0.2, 0.25) is 0 Å². The second-order valence-corrected chi connectivity index (χ2v) is 11.8. The first-order valence-corrected chi connectivity index (χ1v) is 15.0. The van der Waals surface area contributed by atoms with Crippen molar-refractivity contribution in [1.29, 1.82) is 0 Å². The Kier molecular flexibility index (Phi) is 7.88. The van der Waals surface area contributed by atoms with Crippen LogP contribution in [0.5, 0.6) is 5.88 Å². The Morgan fingerprint density at radius 2 is 1.60 bits per heavy atom. The lowest BCUT2D eigenvalue weighted by molar-refractivity contribution is -0.000952. The van der Waals surface area contributed by atoms with Crippen LogP contribution in [0.4, 0.5) is 0 Å².